The molecule has 6 aliphatic rings. The van der Waals surface area contributed by atoms with Gasteiger partial charge in [0, 0.05) is 30.6 Å². The highest BCUT2D eigenvalue weighted by Crippen LogP contribution is 2.60. The van der Waals surface area contributed by atoms with E-state index in [4.69, 9.17) is 39.5 Å². The van der Waals surface area contributed by atoms with Gasteiger partial charge in [-0.2, -0.15) is 0 Å². The Morgan fingerprint density at radius 3 is 2.74 bits per heavy atom. The number of amides is 1. The minimum absolute atomic E-state index is 0.0231. The largest absolute Gasteiger partial charge is 0.508 e. The first-order valence-corrected chi connectivity index (χ1v) is 13.9. The number of alkyl halides is 3. The summed E-state index contributed by atoms with van der Waals surface area (Å²) in [4.78, 5) is 17.9. The number of likely N-dealkylation sites (tertiary alicyclic amines) is 1. The summed E-state index contributed by atoms with van der Waals surface area (Å²) in [5, 5.41) is 10.5. The fourth-order valence-electron chi connectivity index (χ4n) is 7.86. The molecule has 3 aliphatic heterocycles. The molecule has 5 nitrogen and oxygen atoms in total. The molecule has 0 aromatic heterocycles. The van der Waals surface area contributed by atoms with E-state index in [-0.39, 0.29) is 24.2 Å². The van der Waals surface area contributed by atoms with E-state index in [0.717, 1.165) is 51.0 Å². The molecule has 1 spiro atoms. The first-order chi connectivity index (χ1) is 16.2. The van der Waals surface area contributed by atoms with Crippen molar-refractivity contribution in [2.75, 3.05) is 26.2 Å². The van der Waals surface area contributed by atoms with Crippen LogP contribution in [0.3, 0.4) is 0 Å². The molecule has 0 radical (unpaired) electrons. The van der Waals surface area contributed by atoms with Gasteiger partial charge in [0.05, 0.1) is 0 Å². The third kappa shape index (κ3) is 4.19. The first-order valence-electron chi connectivity index (χ1n) is 12.8. The van der Waals surface area contributed by atoms with Crippen LogP contribution in [0.1, 0.15) is 56.1 Å². The predicted molar refractivity (Wildman–Crippen MR) is 134 cm³/mol. The Morgan fingerprint density at radius 2 is 1.97 bits per heavy atom. The molecule has 7 rings (SSSR count). The topological polar surface area (TPSA) is 53.0 Å². The summed E-state index contributed by atoms with van der Waals surface area (Å²) in [6.45, 7) is 2.76. The number of benzene rings is 1. The van der Waals surface area contributed by atoms with Crippen LogP contribution in [-0.4, -0.2) is 63.1 Å². The van der Waals surface area contributed by atoms with E-state index in [9.17, 15) is 9.90 Å². The van der Waals surface area contributed by atoms with Crippen LogP contribution < -0.4 is 0 Å². The molecule has 5 atom stereocenters. The minimum Gasteiger partial charge on any atom is -0.508 e. The van der Waals surface area contributed by atoms with Gasteiger partial charge in [-0.1, -0.05) is 40.9 Å². The van der Waals surface area contributed by atoms with Crippen LogP contribution in [0.15, 0.2) is 18.2 Å². The number of fused-ring (bicyclic) bond motifs is 3. The van der Waals surface area contributed by atoms with Crippen LogP contribution in [0.5, 0.6) is 5.75 Å². The predicted octanol–water partition coefficient (Wildman–Crippen LogP) is 5.67. The number of ether oxygens (including phenoxy) is 1. The van der Waals surface area contributed by atoms with Gasteiger partial charge in [0.2, 0.25) is 3.79 Å². The smallest absolute Gasteiger partial charge is 0.410 e. The Balaban J connectivity index is 1.39. The lowest BCUT2D eigenvalue weighted by molar-refractivity contribution is 0.0861. The van der Waals surface area contributed by atoms with Crippen molar-refractivity contribution < 1.29 is 14.6 Å². The summed E-state index contributed by atoms with van der Waals surface area (Å²) in [6, 6.07) is 6.63. The Labute approximate surface area is 216 Å². The van der Waals surface area contributed by atoms with Gasteiger partial charge in [0.1, 0.15) is 12.4 Å². The van der Waals surface area contributed by atoms with E-state index >= 15 is 0 Å². The second-order valence-electron chi connectivity index (χ2n) is 11.3. The van der Waals surface area contributed by atoms with Crippen LogP contribution in [-0.2, 0) is 16.6 Å². The van der Waals surface area contributed by atoms with Crippen molar-refractivity contribution >= 4 is 40.9 Å². The molecule has 1 aromatic carbocycles. The molecule has 4 fully saturated rings. The minimum atomic E-state index is -1.61. The van der Waals surface area contributed by atoms with Crippen molar-refractivity contribution in [2.45, 2.75) is 72.7 Å². The Hall–Kier alpha value is -0.880. The lowest BCUT2D eigenvalue weighted by atomic mass is 9.64. The third-order valence-electron chi connectivity index (χ3n) is 9.38. The molecule has 3 aliphatic carbocycles. The molecule has 3 heterocycles. The van der Waals surface area contributed by atoms with E-state index in [1.54, 1.807) is 0 Å². The van der Waals surface area contributed by atoms with Crippen LogP contribution in [0, 0.1) is 17.8 Å². The summed E-state index contributed by atoms with van der Waals surface area (Å²) < 4.78 is 3.86. The monoisotopic (exact) mass is 526 g/mol. The molecule has 2 saturated carbocycles. The van der Waals surface area contributed by atoms with Gasteiger partial charge >= 0.3 is 6.09 Å². The zero-order valence-corrected chi connectivity index (χ0v) is 21.7. The van der Waals surface area contributed by atoms with E-state index in [0.29, 0.717) is 30.2 Å². The SMILES string of the molecule is O=C(OCC(Cl)(Cl)Cl)N1C[C@H]2CCC34CCN(CC5CC5)C(CCC1C23)Cc1ccc(O)cc14. The molecular weight excluding hydrogens is 495 g/mol. The summed E-state index contributed by atoms with van der Waals surface area (Å²) in [7, 11) is 0. The van der Waals surface area contributed by atoms with Gasteiger partial charge in [0.25, 0.3) is 0 Å². The lowest BCUT2D eigenvalue weighted by Gasteiger charge is -2.43. The standard InChI is InChI=1S/C26H33Cl3N2O3/c27-26(28,29)15-34-24(33)31-14-18-7-8-25-9-10-30(13-16-1-2-16)19(4-6-22(31)23(18)25)11-17-3-5-20(32)12-21(17)25/h3,5,12,16,18-19,22-23,32H,1-2,4,6-11,13-15H2/t18-,19?,22?,23?,25?/m1/s1. The van der Waals surface area contributed by atoms with E-state index in [1.807, 2.05) is 17.0 Å². The zero-order chi connectivity index (χ0) is 23.7. The quantitative estimate of drug-likeness (QED) is 0.515. The van der Waals surface area contributed by atoms with Gasteiger partial charge in [0.15, 0.2) is 0 Å². The molecule has 4 unspecified atom stereocenters. The zero-order valence-electron chi connectivity index (χ0n) is 19.4. The van der Waals surface area contributed by atoms with Crippen LogP contribution in [0.4, 0.5) is 4.79 Å². The second kappa shape index (κ2) is 8.61. The average Bonchev–Trinajstić information content (AvgIpc) is 3.38. The molecule has 186 valence electrons. The van der Waals surface area contributed by atoms with E-state index in [1.165, 1.54) is 30.5 Å². The fraction of sp³-hybridized carbons (Fsp3) is 0.731. The van der Waals surface area contributed by atoms with E-state index in [2.05, 4.69) is 11.0 Å². The Bertz CT molecular complexity index is 965. The number of hydrogen-bond donors (Lipinski definition) is 1. The summed E-state index contributed by atoms with van der Waals surface area (Å²) in [5.74, 6) is 2.00. The fourth-order valence-corrected chi connectivity index (χ4v) is 8.02. The van der Waals surface area contributed by atoms with Gasteiger partial charge in [-0.25, -0.2) is 4.79 Å². The Kier molecular flexibility index (Phi) is 5.95. The molecule has 1 N–H and O–H groups in total. The van der Waals surface area contributed by atoms with Crippen LogP contribution >= 0.6 is 34.8 Å². The summed E-state index contributed by atoms with van der Waals surface area (Å²) in [5.41, 5.74) is 2.70. The highest BCUT2D eigenvalue weighted by molar-refractivity contribution is 6.67. The highest BCUT2D eigenvalue weighted by Gasteiger charge is 2.60. The van der Waals surface area contributed by atoms with Gasteiger partial charge < -0.3 is 14.7 Å². The molecule has 1 aromatic rings. The second-order valence-corrected chi connectivity index (χ2v) is 13.9. The number of nitrogens with zero attached hydrogens (tertiary/aromatic N) is 2. The number of rotatable bonds is 3. The number of aromatic hydroxyl groups is 1. The van der Waals surface area contributed by atoms with Gasteiger partial charge in [-0.3, -0.25) is 4.90 Å². The molecular formula is C26H33Cl3N2O3. The van der Waals surface area contributed by atoms with Crippen molar-refractivity contribution in [3.8, 4) is 5.75 Å². The summed E-state index contributed by atoms with van der Waals surface area (Å²) >= 11 is 17.6. The van der Waals surface area contributed by atoms with Gasteiger partial charge in [-0.05, 0) is 98.9 Å². The van der Waals surface area contributed by atoms with Gasteiger partial charge in [-0.15, -0.1) is 0 Å². The maximum absolute atomic E-state index is 13.2. The molecule has 34 heavy (non-hydrogen) atoms. The molecule has 1 amide bonds. The van der Waals surface area contributed by atoms with Crippen LogP contribution in [0.25, 0.3) is 0 Å². The maximum atomic E-state index is 13.2. The maximum Gasteiger partial charge on any atom is 0.410 e. The number of carbonyl (C=O) groups excluding carboxylic acids is 1. The van der Waals surface area contributed by atoms with Crippen molar-refractivity contribution in [2.24, 2.45) is 17.8 Å². The number of phenolic OH excluding ortho intramolecular Hbond substituents is 1. The highest BCUT2D eigenvalue weighted by atomic mass is 35.6. The third-order valence-corrected chi connectivity index (χ3v) is 9.71. The van der Waals surface area contributed by atoms with Crippen molar-refractivity contribution in [3.05, 3.63) is 29.3 Å². The lowest BCUT2D eigenvalue weighted by Crippen LogP contribution is -2.46. The molecule has 2 bridgehead atoms. The molecule has 2 saturated heterocycles. The number of halogens is 3. The first kappa shape index (κ1) is 23.5. The van der Waals surface area contributed by atoms with E-state index < -0.39 is 3.79 Å². The summed E-state index contributed by atoms with van der Waals surface area (Å²) in [6.07, 6.45) is 8.70. The number of phenols is 1. The normalized spacial score (nSPS) is 35.2. The number of carbonyl (C=O) groups is 1. The van der Waals surface area contributed by atoms with Crippen molar-refractivity contribution in [1.29, 1.82) is 0 Å². The van der Waals surface area contributed by atoms with Crippen molar-refractivity contribution in [1.82, 2.24) is 9.80 Å². The molecule has 8 heteroatoms. The van der Waals surface area contributed by atoms with Crippen LogP contribution in [0.2, 0.25) is 0 Å². The average molecular weight is 528 g/mol. The number of hydrogen-bond acceptors (Lipinski definition) is 4. The van der Waals surface area contributed by atoms with Crippen molar-refractivity contribution in [3.63, 3.8) is 0 Å². The Morgan fingerprint density at radius 1 is 1.15 bits per heavy atom.